The Balaban J connectivity index is 1.92. The summed E-state index contributed by atoms with van der Waals surface area (Å²) in [6.07, 6.45) is 0. The Kier molecular flexibility index (Phi) is 4.88. The molecule has 0 aliphatic carbocycles. The lowest BCUT2D eigenvalue weighted by atomic mass is 10.2. The Morgan fingerprint density at radius 2 is 1.42 bits per heavy atom. The van der Waals surface area contributed by atoms with Crippen molar-refractivity contribution in [3.8, 4) is 0 Å². The van der Waals surface area contributed by atoms with Crippen LogP contribution in [0.3, 0.4) is 0 Å². The first-order valence-electron chi connectivity index (χ1n) is 7.45. The van der Waals surface area contributed by atoms with E-state index in [9.17, 15) is 8.42 Å². The average Bonchev–Trinajstić information content (AvgIpc) is 2.61. The third-order valence-corrected chi connectivity index (χ3v) is 5.76. The summed E-state index contributed by atoms with van der Waals surface area (Å²) in [7, 11) is -3.59. The van der Waals surface area contributed by atoms with E-state index in [1.165, 1.54) is 12.1 Å². The van der Waals surface area contributed by atoms with Crippen molar-refractivity contribution >= 4 is 27.1 Å². The van der Waals surface area contributed by atoms with E-state index in [1.807, 2.05) is 42.5 Å². The number of anilines is 1. The lowest BCUT2D eigenvalue weighted by molar-refractivity contribution is 0.595. The lowest BCUT2D eigenvalue weighted by Crippen LogP contribution is -2.08. The maximum Gasteiger partial charge on any atom is 0.206 e. The maximum absolute atomic E-state index is 12.9. The van der Waals surface area contributed by atoms with E-state index >= 15 is 0 Å². The van der Waals surface area contributed by atoms with Gasteiger partial charge in [-0.25, -0.2) is 8.42 Å². The Labute approximate surface area is 146 Å². The summed E-state index contributed by atoms with van der Waals surface area (Å²) >= 11 is 5.85. The fourth-order valence-electron chi connectivity index (χ4n) is 2.41. The van der Waals surface area contributed by atoms with Crippen molar-refractivity contribution in [3.63, 3.8) is 0 Å². The molecule has 0 bridgehead atoms. The van der Waals surface area contributed by atoms with Crippen LogP contribution in [0.15, 0.2) is 88.7 Å². The molecule has 0 heterocycles. The van der Waals surface area contributed by atoms with Gasteiger partial charge in [-0.1, -0.05) is 48.0 Å². The molecule has 0 aliphatic heterocycles. The number of benzene rings is 3. The summed E-state index contributed by atoms with van der Waals surface area (Å²) < 4.78 is 25.8. The van der Waals surface area contributed by atoms with E-state index < -0.39 is 9.84 Å². The molecule has 0 atom stereocenters. The van der Waals surface area contributed by atoms with Crippen molar-refractivity contribution in [1.82, 2.24) is 0 Å². The SMILES string of the molecule is O=S(=O)(c1ccc(Cl)cc1)c1ccccc1CNc1ccccc1. The minimum absolute atomic E-state index is 0.235. The van der Waals surface area contributed by atoms with Gasteiger partial charge in [0.1, 0.15) is 0 Å². The third-order valence-electron chi connectivity index (χ3n) is 3.64. The minimum Gasteiger partial charge on any atom is -0.381 e. The number of nitrogens with one attached hydrogen (secondary N) is 1. The number of rotatable bonds is 5. The van der Waals surface area contributed by atoms with Gasteiger partial charge >= 0.3 is 0 Å². The molecule has 3 aromatic rings. The standard InChI is InChI=1S/C19H16ClNO2S/c20-16-10-12-18(13-11-16)24(22,23)19-9-5-4-6-15(19)14-21-17-7-2-1-3-8-17/h1-13,21H,14H2. The van der Waals surface area contributed by atoms with Gasteiger partial charge in [0, 0.05) is 17.3 Å². The first kappa shape index (κ1) is 16.6. The van der Waals surface area contributed by atoms with Gasteiger partial charge in [-0.15, -0.1) is 0 Å². The highest BCUT2D eigenvalue weighted by atomic mass is 35.5. The van der Waals surface area contributed by atoms with Crippen molar-refractivity contribution in [1.29, 1.82) is 0 Å². The predicted octanol–water partition coefficient (Wildman–Crippen LogP) is 4.78. The second-order valence-electron chi connectivity index (χ2n) is 5.28. The molecule has 5 heteroatoms. The first-order chi connectivity index (χ1) is 11.6. The van der Waals surface area contributed by atoms with Crippen molar-refractivity contribution in [2.45, 2.75) is 16.3 Å². The van der Waals surface area contributed by atoms with Crippen LogP contribution in [-0.2, 0) is 16.4 Å². The second kappa shape index (κ2) is 7.07. The number of para-hydroxylation sites is 1. The van der Waals surface area contributed by atoms with E-state index in [4.69, 9.17) is 11.6 Å². The van der Waals surface area contributed by atoms with Crippen LogP contribution < -0.4 is 5.32 Å². The molecule has 0 radical (unpaired) electrons. The summed E-state index contributed by atoms with van der Waals surface area (Å²) in [5, 5.41) is 3.76. The van der Waals surface area contributed by atoms with Gasteiger partial charge in [0.25, 0.3) is 0 Å². The smallest absolute Gasteiger partial charge is 0.206 e. The van der Waals surface area contributed by atoms with Gasteiger partial charge in [0.2, 0.25) is 9.84 Å². The monoisotopic (exact) mass is 357 g/mol. The normalized spacial score (nSPS) is 11.2. The van der Waals surface area contributed by atoms with Gasteiger partial charge in [-0.2, -0.15) is 0 Å². The molecule has 3 aromatic carbocycles. The number of halogens is 1. The zero-order valence-corrected chi connectivity index (χ0v) is 14.4. The average molecular weight is 358 g/mol. The maximum atomic E-state index is 12.9. The van der Waals surface area contributed by atoms with Crippen molar-refractivity contribution in [2.75, 3.05) is 5.32 Å². The molecule has 1 N–H and O–H groups in total. The molecule has 3 nitrogen and oxygen atoms in total. The molecule has 0 amide bonds. The van der Waals surface area contributed by atoms with Crippen LogP contribution >= 0.6 is 11.6 Å². The van der Waals surface area contributed by atoms with Gasteiger partial charge in [-0.3, -0.25) is 0 Å². The number of hydrogen-bond donors (Lipinski definition) is 1. The molecule has 0 fully saturated rings. The van der Waals surface area contributed by atoms with Crippen LogP contribution in [0, 0.1) is 0 Å². The molecule has 0 spiro atoms. The molecule has 122 valence electrons. The predicted molar refractivity (Wildman–Crippen MR) is 97.1 cm³/mol. The Morgan fingerprint density at radius 1 is 0.792 bits per heavy atom. The number of hydrogen-bond acceptors (Lipinski definition) is 3. The van der Waals surface area contributed by atoms with Crippen LogP contribution in [0.2, 0.25) is 5.02 Å². The first-order valence-corrected chi connectivity index (χ1v) is 9.31. The Hall–Kier alpha value is -2.30. The molecule has 3 rings (SSSR count). The zero-order valence-electron chi connectivity index (χ0n) is 12.8. The Morgan fingerprint density at radius 3 is 2.12 bits per heavy atom. The van der Waals surface area contributed by atoms with E-state index in [1.54, 1.807) is 24.3 Å². The van der Waals surface area contributed by atoms with Crippen molar-refractivity contribution in [3.05, 3.63) is 89.4 Å². The fourth-order valence-corrected chi connectivity index (χ4v) is 4.02. The highest BCUT2D eigenvalue weighted by Crippen LogP contribution is 2.25. The quantitative estimate of drug-likeness (QED) is 0.714. The second-order valence-corrected chi connectivity index (χ2v) is 7.64. The van der Waals surface area contributed by atoms with Gasteiger partial charge < -0.3 is 5.32 Å². The summed E-state index contributed by atoms with van der Waals surface area (Å²) in [6, 6.07) is 22.9. The van der Waals surface area contributed by atoms with Crippen LogP contribution in [-0.4, -0.2) is 8.42 Å². The Bertz CT molecular complexity index is 923. The molecule has 24 heavy (non-hydrogen) atoms. The van der Waals surface area contributed by atoms with Crippen LogP contribution in [0.25, 0.3) is 0 Å². The zero-order chi connectivity index (χ0) is 17.0. The third kappa shape index (κ3) is 3.61. The van der Waals surface area contributed by atoms with Crippen LogP contribution in [0.5, 0.6) is 0 Å². The van der Waals surface area contributed by atoms with Crippen molar-refractivity contribution in [2.24, 2.45) is 0 Å². The van der Waals surface area contributed by atoms with Gasteiger partial charge in [-0.05, 0) is 48.0 Å². The van der Waals surface area contributed by atoms with Gasteiger partial charge in [0.05, 0.1) is 9.79 Å². The molecular formula is C19H16ClNO2S. The molecule has 0 unspecified atom stereocenters. The molecule has 0 saturated carbocycles. The molecule has 0 saturated heterocycles. The summed E-state index contributed by atoms with van der Waals surface area (Å²) in [5.41, 5.74) is 1.66. The molecular weight excluding hydrogens is 342 g/mol. The van der Waals surface area contributed by atoms with Crippen LogP contribution in [0.1, 0.15) is 5.56 Å². The summed E-state index contributed by atoms with van der Waals surface area (Å²) in [5.74, 6) is 0. The molecule has 0 aromatic heterocycles. The highest BCUT2D eigenvalue weighted by Gasteiger charge is 2.20. The van der Waals surface area contributed by atoms with Gasteiger partial charge in [0.15, 0.2) is 0 Å². The molecule has 0 aliphatic rings. The summed E-state index contributed by atoms with van der Waals surface area (Å²) in [6.45, 7) is 0.424. The topological polar surface area (TPSA) is 46.2 Å². The highest BCUT2D eigenvalue weighted by molar-refractivity contribution is 7.91. The summed E-state index contributed by atoms with van der Waals surface area (Å²) in [4.78, 5) is 0.537. The fraction of sp³-hybridized carbons (Fsp3) is 0.0526. The van der Waals surface area contributed by atoms with E-state index in [0.29, 0.717) is 16.5 Å². The number of sulfone groups is 1. The lowest BCUT2D eigenvalue weighted by Gasteiger charge is -2.12. The van der Waals surface area contributed by atoms with Crippen molar-refractivity contribution < 1.29 is 8.42 Å². The van der Waals surface area contributed by atoms with Crippen LogP contribution in [0.4, 0.5) is 5.69 Å². The van der Waals surface area contributed by atoms with E-state index in [0.717, 1.165) is 11.3 Å². The van der Waals surface area contributed by atoms with E-state index in [-0.39, 0.29) is 4.90 Å². The minimum atomic E-state index is -3.59. The van der Waals surface area contributed by atoms with E-state index in [2.05, 4.69) is 5.32 Å². The largest absolute Gasteiger partial charge is 0.381 e.